The van der Waals surface area contributed by atoms with Gasteiger partial charge < -0.3 is 14.2 Å². The molecule has 1 aliphatic carbocycles. The summed E-state index contributed by atoms with van der Waals surface area (Å²) in [7, 11) is 1.60. The lowest BCUT2D eigenvalue weighted by atomic mass is 9.67. The maximum absolute atomic E-state index is 13.3. The second kappa shape index (κ2) is 9.84. The topological polar surface area (TPSA) is 74.2 Å². The van der Waals surface area contributed by atoms with Gasteiger partial charge in [0, 0.05) is 29.3 Å². The highest BCUT2D eigenvalue weighted by Gasteiger charge is 2.46. The van der Waals surface area contributed by atoms with Gasteiger partial charge in [-0.25, -0.2) is 0 Å². The summed E-state index contributed by atoms with van der Waals surface area (Å²) in [6.07, 6.45) is 1.12. The number of methoxy groups -OCH3 is 1. The molecule has 2 aromatic rings. The zero-order valence-corrected chi connectivity index (χ0v) is 20.2. The summed E-state index contributed by atoms with van der Waals surface area (Å²) in [5.41, 5.74) is 2.74. The molecule has 0 N–H and O–H groups in total. The molecule has 0 bridgehead atoms. The van der Waals surface area contributed by atoms with Crippen LogP contribution in [0.2, 0.25) is 0 Å². The van der Waals surface area contributed by atoms with E-state index in [1.54, 1.807) is 7.11 Å². The molecule has 6 heteroatoms. The number of allylic oxidation sites excluding steroid dienone is 2. The van der Waals surface area contributed by atoms with Gasteiger partial charge in [0.2, 0.25) is 0 Å². The van der Waals surface area contributed by atoms with Crippen LogP contribution in [0.15, 0.2) is 70.9 Å². The van der Waals surface area contributed by atoms with Crippen molar-refractivity contribution in [3.05, 3.63) is 71.4 Å². The normalized spacial score (nSPS) is 21.4. The van der Waals surface area contributed by atoms with Gasteiger partial charge in [-0.3, -0.25) is 14.6 Å². The van der Waals surface area contributed by atoms with Crippen molar-refractivity contribution in [3.63, 3.8) is 0 Å². The minimum absolute atomic E-state index is 0.0422. The Labute approximate surface area is 200 Å². The summed E-state index contributed by atoms with van der Waals surface area (Å²) in [6.45, 7) is 6.34. The monoisotopic (exact) mass is 461 g/mol. The summed E-state index contributed by atoms with van der Waals surface area (Å²) in [6, 6.07) is 16.9. The number of carbonyl (C=O) groups is 2. The average Bonchev–Trinajstić information content (AvgIpc) is 2.80. The molecule has 0 saturated carbocycles. The first-order valence-electron chi connectivity index (χ1n) is 11.6. The van der Waals surface area contributed by atoms with E-state index in [9.17, 15) is 9.59 Å². The van der Waals surface area contributed by atoms with Crippen molar-refractivity contribution < 1.29 is 23.8 Å². The Morgan fingerprint density at radius 1 is 1.03 bits per heavy atom. The lowest BCUT2D eigenvalue weighted by Gasteiger charge is -2.39. The molecule has 0 amide bonds. The quantitative estimate of drug-likeness (QED) is 0.422. The van der Waals surface area contributed by atoms with Gasteiger partial charge in [-0.05, 0) is 48.6 Å². The zero-order chi connectivity index (χ0) is 24.3. The third kappa shape index (κ3) is 5.06. The van der Waals surface area contributed by atoms with E-state index in [2.05, 4.69) is 13.8 Å². The largest absolute Gasteiger partial charge is 0.497 e. The molecule has 4 rings (SSSR count). The van der Waals surface area contributed by atoms with Crippen LogP contribution in [0.5, 0.6) is 11.5 Å². The Balaban J connectivity index is 1.61. The van der Waals surface area contributed by atoms with E-state index in [-0.39, 0.29) is 24.4 Å². The molecule has 1 heterocycles. The fourth-order valence-corrected chi connectivity index (χ4v) is 4.85. The standard InChI is InChI=1S/C28H31NO5/c1-18-24(27(31)34-14-13-33-20-10-6-5-7-11-20)25(19-9-8-12-21(15-19)32-4)26-22(29-18)16-28(2,3)17-23(26)30/h5-12,15,24-25H,13-14,16-17H2,1-4H3/t24?,25-/m0/s1. The van der Waals surface area contributed by atoms with E-state index in [0.717, 1.165) is 11.3 Å². The number of nitrogens with zero attached hydrogens (tertiary/aromatic N) is 1. The summed E-state index contributed by atoms with van der Waals surface area (Å²) in [5.74, 6) is -0.128. The second-order valence-electron chi connectivity index (χ2n) is 9.62. The number of para-hydroxylation sites is 1. The van der Waals surface area contributed by atoms with Gasteiger partial charge in [0.05, 0.1) is 7.11 Å². The van der Waals surface area contributed by atoms with Crippen molar-refractivity contribution in [3.8, 4) is 11.5 Å². The number of benzene rings is 2. The van der Waals surface area contributed by atoms with Crippen molar-refractivity contribution in [2.45, 2.75) is 39.5 Å². The number of esters is 1. The zero-order valence-electron chi connectivity index (χ0n) is 20.2. The molecule has 178 valence electrons. The first-order valence-corrected chi connectivity index (χ1v) is 11.6. The fourth-order valence-electron chi connectivity index (χ4n) is 4.85. The molecular formula is C28H31NO5. The van der Waals surface area contributed by atoms with Gasteiger partial charge in [-0.2, -0.15) is 0 Å². The van der Waals surface area contributed by atoms with Gasteiger partial charge in [-0.1, -0.05) is 44.2 Å². The molecule has 6 nitrogen and oxygen atoms in total. The van der Waals surface area contributed by atoms with Crippen LogP contribution in [0.25, 0.3) is 0 Å². The van der Waals surface area contributed by atoms with E-state index in [1.807, 2.05) is 61.5 Å². The minimum Gasteiger partial charge on any atom is -0.497 e. The summed E-state index contributed by atoms with van der Waals surface area (Å²) in [4.78, 5) is 31.4. The molecule has 2 aliphatic rings. The number of ketones is 1. The second-order valence-corrected chi connectivity index (χ2v) is 9.62. The lowest BCUT2D eigenvalue weighted by molar-refractivity contribution is -0.147. The Bertz CT molecular complexity index is 1130. The van der Waals surface area contributed by atoms with Gasteiger partial charge in [0.15, 0.2) is 5.78 Å². The Hall–Kier alpha value is -3.41. The Morgan fingerprint density at radius 3 is 2.50 bits per heavy atom. The van der Waals surface area contributed by atoms with Crippen LogP contribution in [0, 0.1) is 11.3 Å². The summed E-state index contributed by atoms with van der Waals surface area (Å²) in [5, 5.41) is 0. The third-order valence-electron chi connectivity index (χ3n) is 6.35. The van der Waals surface area contributed by atoms with Gasteiger partial charge in [-0.15, -0.1) is 0 Å². The van der Waals surface area contributed by atoms with Crippen molar-refractivity contribution in [1.29, 1.82) is 0 Å². The molecule has 0 fully saturated rings. The van der Waals surface area contributed by atoms with E-state index >= 15 is 0 Å². The highest BCUT2D eigenvalue weighted by molar-refractivity contribution is 6.09. The molecule has 0 spiro atoms. The number of hydrogen-bond donors (Lipinski definition) is 0. The molecule has 1 aliphatic heterocycles. The fraction of sp³-hybridized carbons (Fsp3) is 0.393. The van der Waals surface area contributed by atoms with Crippen LogP contribution in [0.1, 0.15) is 45.1 Å². The average molecular weight is 462 g/mol. The van der Waals surface area contributed by atoms with Gasteiger partial charge in [0.1, 0.15) is 30.6 Å². The highest BCUT2D eigenvalue weighted by Crippen LogP contribution is 2.48. The van der Waals surface area contributed by atoms with E-state index in [0.29, 0.717) is 35.6 Å². The van der Waals surface area contributed by atoms with Crippen molar-refractivity contribution in [2.75, 3.05) is 20.3 Å². The van der Waals surface area contributed by atoms with E-state index in [4.69, 9.17) is 19.2 Å². The number of rotatable bonds is 7. The number of aliphatic imine (C=N–C) groups is 1. The minimum atomic E-state index is -0.687. The van der Waals surface area contributed by atoms with Crippen LogP contribution in [0.3, 0.4) is 0 Å². The maximum atomic E-state index is 13.3. The van der Waals surface area contributed by atoms with E-state index < -0.39 is 17.8 Å². The van der Waals surface area contributed by atoms with Crippen molar-refractivity contribution in [2.24, 2.45) is 16.3 Å². The molecule has 0 saturated heterocycles. The SMILES string of the molecule is COc1cccc([C@@H]2C3=C(CC(C)(C)CC3=O)N=C(C)C2C(=O)OCCOc2ccccc2)c1. The number of carbonyl (C=O) groups excluding carboxylic acids is 2. The number of Topliss-reactive ketones (excluding diaryl/α,β-unsaturated/α-hetero) is 1. The molecule has 2 aromatic carbocycles. The summed E-state index contributed by atoms with van der Waals surface area (Å²) >= 11 is 0. The molecule has 1 unspecified atom stereocenters. The van der Waals surface area contributed by atoms with Crippen LogP contribution in [-0.4, -0.2) is 37.8 Å². The maximum Gasteiger partial charge on any atom is 0.315 e. The molecule has 0 radical (unpaired) electrons. The first kappa shape index (κ1) is 23.7. The number of hydrogen-bond acceptors (Lipinski definition) is 6. The van der Waals surface area contributed by atoms with Gasteiger partial charge >= 0.3 is 5.97 Å². The Morgan fingerprint density at radius 2 is 1.76 bits per heavy atom. The van der Waals surface area contributed by atoms with Crippen molar-refractivity contribution >= 4 is 17.5 Å². The predicted octanol–water partition coefficient (Wildman–Crippen LogP) is 5.13. The van der Waals surface area contributed by atoms with E-state index in [1.165, 1.54) is 0 Å². The molecule has 0 aromatic heterocycles. The first-order chi connectivity index (χ1) is 16.3. The van der Waals surface area contributed by atoms with Crippen LogP contribution < -0.4 is 9.47 Å². The molecule has 2 atom stereocenters. The lowest BCUT2D eigenvalue weighted by Crippen LogP contribution is -2.39. The Kier molecular flexibility index (Phi) is 6.87. The smallest absolute Gasteiger partial charge is 0.315 e. The summed E-state index contributed by atoms with van der Waals surface area (Å²) < 4.78 is 16.7. The molecular weight excluding hydrogens is 430 g/mol. The molecule has 34 heavy (non-hydrogen) atoms. The number of ether oxygens (including phenoxy) is 3. The third-order valence-corrected chi connectivity index (χ3v) is 6.35. The van der Waals surface area contributed by atoms with Gasteiger partial charge in [0.25, 0.3) is 0 Å². The predicted molar refractivity (Wildman–Crippen MR) is 130 cm³/mol. The highest BCUT2D eigenvalue weighted by atomic mass is 16.6. The van der Waals surface area contributed by atoms with Crippen LogP contribution >= 0.6 is 0 Å². The van der Waals surface area contributed by atoms with Crippen LogP contribution in [-0.2, 0) is 14.3 Å². The van der Waals surface area contributed by atoms with Crippen LogP contribution in [0.4, 0.5) is 0 Å². The van der Waals surface area contributed by atoms with Crippen molar-refractivity contribution in [1.82, 2.24) is 0 Å².